The van der Waals surface area contributed by atoms with Gasteiger partial charge in [-0.3, -0.25) is 4.79 Å². The molecule has 1 saturated heterocycles. The van der Waals surface area contributed by atoms with Crippen molar-refractivity contribution in [2.24, 2.45) is 0 Å². The maximum Gasteiger partial charge on any atom is 0.260 e. The molecule has 1 aliphatic rings. The van der Waals surface area contributed by atoms with E-state index < -0.39 is 0 Å². The molecule has 0 unspecified atom stereocenters. The first-order chi connectivity index (χ1) is 9.16. The fourth-order valence-corrected chi connectivity index (χ4v) is 2.29. The zero-order chi connectivity index (χ0) is 13.7. The highest BCUT2D eigenvalue weighted by Crippen LogP contribution is 2.18. The van der Waals surface area contributed by atoms with E-state index >= 15 is 0 Å². The van der Waals surface area contributed by atoms with Crippen molar-refractivity contribution < 1.29 is 9.53 Å². The highest BCUT2D eigenvalue weighted by atomic mass is 35.5. The van der Waals surface area contributed by atoms with Crippen LogP contribution in [-0.4, -0.2) is 43.6 Å². The molecule has 1 aromatic carbocycles. The number of nitrogens with one attached hydrogen (secondary N) is 1. The van der Waals surface area contributed by atoms with E-state index in [1.54, 1.807) is 0 Å². The molecule has 0 spiro atoms. The molecule has 1 aromatic rings. The van der Waals surface area contributed by atoms with Crippen molar-refractivity contribution in [1.29, 1.82) is 0 Å². The van der Waals surface area contributed by atoms with Crippen molar-refractivity contribution in [3.8, 4) is 5.75 Å². The molecule has 1 fully saturated rings. The Morgan fingerprint density at radius 3 is 2.85 bits per heavy atom. The fourth-order valence-electron chi connectivity index (χ4n) is 2.29. The Bertz CT molecular complexity index is 443. The third-order valence-electron chi connectivity index (χ3n) is 3.37. The Morgan fingerprint density at radius 1 is 1.30 bits per heavy atom. The quantitative estimate of drug-likeness (QED) is 0.927. The van der Waals surface area contributed by atoms with Crippen LogP contribution in [0.15, 0.2) is 18.2 Å². The van der Waals surface area contributed by atoms with Gasteiger partial charge in [-0.2, -0.15) is 0 Å². The molecular weight excluding hydrogens is 276 g/mol. The van der Waals surface area contributed by atoms with E-state index in [2.05, 4.69) is 11.4 Å². The van der Waals surface area contributed by atoms with Crippen molar-refractivity contribution in [2.75, 3.05) is 32.8 Å². The highest BCUT2D eigenvalue weighted by molar-refractivity contribution is 5.85. The predicted octanol–water partition coefficient (Wildman–Crippen LogP) is 1.93. The van der Waals surface area contributed by atoms with Crippen molar-refractivity contribution in [1.82, 2.24) is 10.2 Å². The summed E-state index contributed by atoms with van der Waals surface area (Å²) in [6.07, 6.45) is 1.01. The topological polar surface area (TPSA) is 41.6 Å². The van der Waals surface area contributed by atoms with E-state index in [0.29, 0.717) is 0 Å². The van der Waals surface area contributed by atoms with Gasteiger partial charge in [-0.05, 0) is 38.4 Å². The van der Waals surface area contributed by atoms with Crippen LogP contribution in [0.25, 0.3) is 0 Å². The second kappa shape index (κ2) is 8.12. The summed E-state index contributed by atoms with van der Waals surface area (Å²) in [6.45, 7) is 7.63. The third kappa shape index (κ3) is 4.69. The predicted molar refractivity (Wildman–Crippen MR) is 82.7 cm³/mol. The molecule has 0 atom stereocenters. The van der Waals surface area contributed by atoms with E-state index in [4.69, 9.17) is 4.74 Å². The van der Waals surface area contributed by atoms with Crippen LogP contribution in [0.2, 0.25) is 0 Å². The summed E-state index contributed by atoms with van der Waals surface area (Å²) < 4.78 is 5.64. The molecule has 20 heavy (non-hydrogen) atoms. The molecule has 112 valence electrons. The summed E-state index contributed by atoms with van der Waals surface area (Å²) in [5, 5.41) is 3.29. The number of nitrogens with zero attached hydrogens (tertiary/aromatic N) is 1. The van der Waals surface area contributed by atoms with E-state index in [0.717, 1.165) is 43.9 Å². The van der Waals surface area contributed by atoms with Crippen LogP contribution < -0.4 is 10.1 Å². The number of rotatable bonds is 3. The molecule has 0 saturated carbocycles. The molecule has 1 amide bonds. The molecule has 1 N–H and O–H groups in total. The van der Waals surface area contributed by atoms with Crippen LogP contribution in [0, 0.1) is 13.8 Å². The number of aryl methyl sites for hydroxylation is 2. The van der Waals surface area contributed by atoms with Gasteiger partial charge in [-0.25, -0.2) is 0 Å². The van der Waals surface area contributed by atoms with Crippen molar-refractivity contribution in [2.45, 2.75) is 20.3 Å². The Hall–Kier alpha value is -1.26. The van der Waals surface area contributed by atoms with Crippen LogP contribution in [0.3, 0.4) is 0 Å². The summed E-state index contributed by atoms with van der Waals surface area (Å²) in [7, 11) is 0. The zero-order valence-electron chi connectivity index (χ0n) is 12.1. The van der Waals surface area contributed by atoms with Crippen molar-refractivity contribution in [3.63, 3.8) is 0 Å². The first-order valence-electron chi connectivity index (χ1n) is 6.85. The van der Waals surface area contributed by atoms with Crippen molar-refractivity contribution >= 4 is 18.3 Å². The molecule has 0 aromatic heterocycles. The van der Waals surface area contributed by atoms with Gasteiger partial charge in [0, 0.05) is 19.6 Å². The number of hydrogen-bond acceptors (Lipinski definition) is 3. The van der Waals surface area contributed by atoms with Gasteiger partial charge in [0.25, 0.3) is 5.91 Å². The van der Waals surface area contributed by atoms with Gasteiger partial charge in [-0.15, -0.1) is 12.4 Å². The van der Waals surface area contributed by atoms with Gasteiger partial charge in [0.1, 0.15) is 5.75 Å². The average molecular weight is 299 g/mol. The molecule has 0 radical (unpaired) electrons. The summed E-state index contributed by atoms with van der Waals surface area (Å²) in [5.41, 5.74) is 2.28. The summed E-state index contributed by atoms with van der Waals surface area (Å²) >= 11 is 0. The standard InChI is InChI=1S/C15H22N2O2.ClH/c1-12-4-5-14(13(2)10-12)19-11-15(18)17-8-3-6-16-7-9-17;/h4-5,10,16H,3,6-9,11H2,1-2H3;1H. The van der Waals surface area contributed by atoms with Crippen LogP contribution in [0.1, 0.15) is 17.5 Å². The Balaban J connectivity index is 0.00000200. The fraction of sp³-hybridized carbons (Fsp3) is 0.533. The summed E-state index contributed by atoms with van der Waals surface area (Å²) in [6, 6.07) is 6.00. The lowest BCUT2D eigenvalue weighted by Gasteiger charge is -2.20. The molecule has 0 aliphatic carbocycles. The minimum Gasteiger partial charge on any atom is -0.484 e. The normalized spacial score (nSPS) is 15.2. The Morgan fingerprint density at radius 2 is 2.10 bits per heavy atom. The summed E-state index contributed by atoms with van der Waals surface area (Å²) in [5.74, 6) is 0.871. The largest absolute Gasteiger partial charge is 0.484 e. The first kappa shape index (κ1) is 16.8. The lowest BCUT2D eigenvalue weighted by atomic mass is 10.1. The van der Waals surface area contributed by atoms with Crippen LogP contribution >= 0.6 is 12.4 Å². The zero-order valence-corrected chi connectivity index (χ0v) is 13.0. The average Bonchev–Trinajstić information content (AvgIpc) is 2.66. The Labute approximate surface area is 126 Å². The Kier molecular flexibility index (Phi) is 6.82. The SMILES string of the molecule is Cc1ccc(OCC(=O)N2CCCNCC2)c(C)c1.Cl. The second-order valence-corrected chi connectivity index (χ2v) is 5.04. The maximum atomic E-state index is 12.1. The van der Waals surface area contributed by atoms with Crippen LogP contribution in [0.5, 0.6) is 5.75 Å². The number of halogens is 1. The van der Waals surface area contributed by atoms with Gasteiger partial charge in [0.05, 0.1) is 0 Å². The van der Waals surface area contributed by atoms with Gasteiger partial charge >= 0.3 is 0 Å². The van der Waals surface area contributed by atoms with E-state index in [9.17, 15) is 4.79 Å². The molecule has 4 nitrogen and oxygen atoms in total. The van der Waals surface area contributed by atoms with E-state index in [-0.39, 0.29) is 24.9 Å². The van der Waals surface area contributed by atoms with Crippen molar-refractivity contribution in [3.05, 3.63) is 29.3 Å². The van der Waals surface area contributed by atoms with E-state index in [1.165, 1.54) is 5.56 Å². The number of benzene rings is 1. The lowest BCUT2D eigenvalue weighted by Crippen LogP contribution is -2.37. The summed E-state index contributed by atoms with van der Waals surface area (Å²) in [4.78, 5) is 14.0. The number of hydrogen-bond donors (Lipinski definition) is 1. The first-order valence-corrected chi connectivity index (χ1v) is 6.85. The smallest absolute Gasteiger partial charge is 0.260 e. The molecule has 1 heterocycles. The molecule has 5 heteroatoms. The third-order valence-corrected chi connectivity index (χ3v) is 3.37. The number of carbonyl (C=O) groups is 1. The second-order valence-electron chi connectivity index (χ2n) is 5.04. The number of amides is 1. The number of carbonyl (C=O) groups excluding carboxylic acids is 1. The molecule has 0 bridgehead atoms. The maximum absolute atomic E-state index is 12.1. The van der Waals surface area contributed by atoms with Gasteiger partial charge in [-0.1, -0.05) is 17.7 Å². The van der Waals surface area contributed by atoms with Gasteiger partial charge in [0.15, 0.2) is 6.61 Å². The minimum absolute atomic E-state index is 0. The van der Waals surface area contributed by atoms with Gasteiger partial charge in [0.2, 0.25) is 0 Å². The monoisotopic (exact) mass is 298 g/mol. The van der Waals surface area contributed by atoms with Crippen LogP contribution in [0.4, 0.5) is 0 Å². The highest BCUT2D eigenvalue weighted by Gasteiger charge is 2.15. The molecule has 1 aliphatic heterocycles. The van der Waals surface area contributed by atoms with E-state index in [1.807, 2.05) is 30.9 Å². The lowest BCUT2D eigenvalue weighted by molar-refractivity contribution is -0.133. The van der Waals surface area contributed by atoms with Crippen LogP contribution in [-0.2, 0) is 4.79 Å². The molecule has 2 rings (SSSR count). The van der Waals surface area contributed by atoms with Gasteiger partial charge < -0.3 is 15.0 Å². The number of ether oxygens (including phenoxy) is 1. The minimum atomic E-state index is 0. The molecular formula is C15H23ClN2O2.